The molecule has 2 N–H and O–H groups in total. The van der Waals surface area contributed by atoms with E-state index in [1.54, 1.807) is 12.1 Å². The van der Waals surface area contributed by atoms with E-state index in [4.69, 9.17) is 21.3 Å². The first-order valence-electron chi connectivity index (χ1n) is 10.7. The Morgan fingerprint density at radius 2 is 2.10 bits per heavy atom. The second-order valence-electron chi connectivity index (χ2n) is 8.44. The summed E-state index contributed by atoms with van der Waals surface area (Å²) >= 11 is 6.25. The second kappa shape index (κ2) is 7.46. The fourth-order valence-electron chi connectivity index (χ4n) is 4.54. The van der Waals surface area contributed by atoms with Gasteiger partial charge in [0.15, 0.2) is 11.6 Å². The van der Waals surface area contributed by atoms with Crippen LogP contribution >= 0.6 is 11.6 Å². The van der Waals surface area contributed by atoms with Gasteiger partial charge < -0.3 is 20.3 Å². The lowest BCUT2D eigenvalue weighted by molar-refractivity contribution is 0.120. The Morgan fingerprint density at radius 3 is 2.84 bits per heavy atom. The Labute approximate surface area is 184 Å². The van der Waals surface area contributed by atoms with E-state index in [9.17, 15) is 4.39 Å². The molecule has 2 saturated heterocycles. The largest absolute Gasteiger partial charge is 0.489 e. The standard InChI is InChI=1S/C22H22ClFN6O/c23-19-17(31-14-2-1-3-14)6-4-15(20(19)24)28-22-21-16(26-11-27-22)5-7-18(29-21)30-10-12-8-13(30)9-25-12/h4-7,11-14,25H,1-3,8-10H2,(H,26,27,28)/t12-,13-/m0/s1. The van der Waals surface area contributed by atoms with Gasteiger partial charge in [-0.3, -0.25) is 0 Å². The topological polar surface area (TPSA) is 75.2 Å². The lowest BCUT2D eigenvalue weighted by atomic mass is 9.96. The quantitative estimate of drug-likeness (QED) is 0.620. The SMILES string of the molecule is Fc1c(Nc2ncnc3ccc(N4C[C@@H]5C[C@H]4CN5)nc23)ccc(OC2CCC2)c1Cl. The maximum Gasteiger partial charge on any atom is 0.169 e. The van der Waals surface area contributed by atoms with Crippen LogP contribution in [0.15, 0.2) is 30.6 Å². The van der Waals surface area contributed by atoms with Crippen molar-refractivity contribution in [1.82, 2.24) is 20.3 Å². The smallest absolute Gasteiger partial charge is 0.169 e. The molecular weight excluding hydrogens is 419 g/mol. The van der Waals surface area contributed by atoms with E-state index < -0.39 is 5.82 Å². The average Bonchev–Trinajstić information content (AvgIpc) is 3.39. The van der Waals surface area contributed by atoms with E-state index in [1.165, 1.54) is 6.33 Å². The maximum absolute atomic E-state index is 15.0. The van der Waals surface area contributed by atoms with Gasteiger partial charge in [0.2, 0.25) is 0 Å². The van der Waals surface area contributed by atoms with Crippen LogP contribution in [0.4, 0.5) is 21.7 Å². The van der Waals surface area contributed by atoms with Crippen molar-refractivity contribution in [3.05, 3.63) is 41.4 Å². The summed E-state index contributed by atoms with van der Waals surface area (Å²) in [6.07, 6.45) is 5.80. The summed E-state index contributed by atoms with van der Waals surface area (Å²) in [6, 6.07) is 8.21. The molecular formula is C22H22ClFN6O. The molecule has 3 aliphatic rings. The zero-order chi connectivity index (χ0) is 20.9. The van der Waals surface area contributed by atoms with Crippen molar-refractivity contribution >= 4 is 40.0 Å². The van der Waals surface area contributed by atoms with E-state index in [0.29, 0.717) is 34.7 Å². The molecule has 1 saturated carbocycles. The van der Waals surface area contributed by atoms with E-state index in [-0.39, 0.29) is 16.8 Å². The van der Waals surface area contributed by atoms with Gasteiger partial charge >= 0.3 is 0 Å². The summed E-state index contributed by atoms with van der Waals surface area (Å²) in [5.74, 6) is 1.14. The zero-order valence-corrected chi connectivity index (χ0v) is 17.6. The maximum atomic E-state index is 15.0. The molecule has 4 heterocycles. The van der Waals surface area contributed by atoms with Crippen LogP contribution in [0, 0.1) is 5.82 Å². The van der Waals surface area contributed by atoms with E-state index >= 15 is 0 Å². The van der Waals surface area contributed by atoms with Crippen LogP contribution in [0.1, 0.15) is 25.7 Å². The van der Waals surface area contributed by atoms with Gasteiger partial charge in [0.05, 0.1) is 17.3 Å². The normalized spacial score (nSPS) is 22.7. The number of nitrogens with zero attached hydrogens (tertiary/aromatic N) is 4. The number of anilines is 3. The molecule has 0 amide bonds. The molecule has 31 heavy (non-hydrogen) atoms. The number of piperazine rings is 1. The number of aromatic nitrogens is 3. The molecule has 0 spiro atoms. The van der Waals surface area contributed by atoms with E-state index in [0.717, 1.165) is 44.6 Å². The number of halogens is 2. The summed E-state index contributed by atoms with van der Waals surface area (Å²) in [6.45, 7) is 1.91. The van der Waals surface area contributed by atoms with Crippen LogP contribution in [0.25, 0.3) is 11.0 Å². The van der Waals surface area contributed by atoms with Crippen LogP contribution in [0.5, 0.6) is 5.75 Å². The first-order valence-corrected chi connectivity index (χ1v) is 11.1. The van der Waals surface area contributed by atoms with Crippen molar-refractivity contribution < 1.29 is 9.13 Å². The summed E-state index contributed by atoms with van der Waals surface area (Å²) in [5, 5.41) is 6.53. The first-order chi connectivity index (χ1) is 15.2. The Bertz CT molecular complexity index is 1160. The van der Waals surface area contributed by atoms with Crippen LogP contribution < -0.4 is 20.3 Å². The lowest BCUT2D eigenvalue weighted by Crippen LogP contribution is -2.44. The van der Waals surface area contributed by atoms with Crippen molar-refractivity contribution in [2.75, 3.05) is 23.3 Å². The number of fused-ring (bicyclic) bond motifs is 3. The predicted molar refractivity (Wildman–Crippen MR) is 118 cm³/mol. The summed E-state index contributed by atoms with van der Waals surface area (Å²) in [5.41, 5.74) is 1.52. The van der Waals surface area contributed by atoms with Crippen molar-refractivity contribution in [2.24, 2.45) is 0 Å². The number of ether oxygens (including phenoxy) is 1. The highest BCUT2D eigenvalue weighted by Gasteiger charge is 2.38. The Hall–Kier alpha value is -2.71. The minimum atomic E-state index is -0.565. The van der Waals surface area contributed by atoms with Crippen LogP contribution in [0.2, 0.25) is 5.02 Å². The van der Waals surface area contributed by atoms with Crippen LogP contribution in [0.3, 0.4) is 0 Å². The molecule has 2 aliphatic heterocycles. The molecule has 3 aromatic rings. The van der Waals surface area contributed by atoms with E-state index in [2.05, 4.69) is 25.5 Å². The number of hydrogen-bond donors (Lipinski definition) is 2. The number of benzene rings is 1. The van der Waals surface area contributed by atoms with Gasteiger partial charge in [-0.1, -0.05) is 11.6 Å². The summed E-state index contributed by atoms with van der Waals surface area (Å²) in [4.78, 5) is 15.8. The zero-order valence-electron chi connectivity index (χ0n) is 16.8. The third-order valence-corrected chi connectivity index (χ3v) is 6.82. The van der Waals surface area contributed by atoms with Gasteiger partial charge in [-0.15, -0.1) is 0 Å². The van der Waals surface area contributed by atoms with Crippen LogP contribution in [-0.2, 0) is 0 Å². The van der Waals surface area contributed by atoms with Gasteiger partial charge in [-0.05, 0) is 49.9 Å². The molecule has 0 unspecified atom stereocenters. The molecule has 9 heteroatoms. The molecule has 1 aliphatic carbocycles. The Balaban J connectivity index is 1.31. The molecule has 7 nitrogen and oxygen atoms in total. The molecule has 160 valence electrons. The number of rotatable bonds is 5. The highest BCUT2D eigenvalue weighted by molar-refractivity contribution is 6.32. The van der Waals surface area contributed by atoms with Crippen molar-refractivity contribution in [3.8, 4) is 5.75 Å². The van der Waals surface area contributed by atoms with Crippen molar-refractivity contribution in [3.63, 3.8) is 0 Å². The summed E-state index contributed by atoms with van der Waals surface area (Å²) < 4.78 is 20.8. The van der Waals surface area contributed by atoms with Gasteiger partial charge in [0.25, 0.3) is 0 Å². The Morgan fingerprint density at radius 1 is 1.19 bits per heavy atom. The fraction of sp³-hybridized carbons (Fsp3) is 0.409. The Kier molecular flexibility index (Phi) is 4.57. The lowest BCUT2D eigenvalue weighted by Gasteiger charge is -2.28. The molecule has 2 bridgehead atoms. The average molecular weight is 441 g/mol. The monoisotopic (exact) mass is 440 g/mol. The fourth-order valence-corrected chi connectivity index (χ4v) is 4.75. The molecule has 2 atom stereocenters. The van der Waals surface area contributed by atoms with Gasteiger partial charge in [0, 0.05) is 25.2 Å². The minimum absolute atomic E-state index is 0.0236. The van der Waals surface area contributed by atoms with Gasteiger partial charge in [0.1, 0.15) is 28.4 Å². The van der Waals surface area contributed by atoms with E-state index in [1.807, 2.05) is 12.1 Å². The highest BCUT2D eigenvalue weighted by Crippen LogP contribution is 2.37. The van der Waals surface area contributed by atoms with Crippen molar-refractivity contribution in [2.45, 2.75) is 43.9 Å². The third kappa shape index (κ3) is 3.34. The molecule has 3 fully saturated rings. The minimum Gasteiger partial charge on any atom is -0.489 e. The summed E-state index contributed by atoms with van der Waals surface area (Å²) in [7, 11) is 0. The molecule has 6 rings (SSSR count). The first kappa shape index (κ1) is 19.0. The van der Waals surface area contributed by atoms with Crippen LogP contribution in [-0.4, -0.2) is 46.2 Å². The number of hydrogen-bond acceptors (Lipinski definition) is 7. The second-order valence-corrected chi connectivity index (χ2v) is 8.82. The van der Waals surface area contributed by atoms with Gasteiger partial charge in [-0.25, -0.2) is 19.3 Å². The predicted octanol–water partition coefficient (Wildman–Crippen LogP) is 4.04. The molecule has 2 aromatic heterocycles. The molecule has 0 radical (unpaired) electrons. The van der Waals surface area contributed by atoms with Gasteiger partial charge in [-0.2, -0.15) is 0 Å². The molecule has 1 aromatic carbocycles. The van der Waals surface area contributed by atoms with Crippen molar-refractivity contribution in [1.29, 1.82) is 0 Å². The number of nitrogens with one attached hydrogen (secondary N) is 2. The number of pyridine rings is 1. The third-order valence-electron chi connectivity index (χ3n) is 6.46. The highest BCUT2D eigenvalue weighted by atomic mass is 35.5.